The van der Waals surface area contributed by atoms with Gasteiger partial charge in [0.1, 0.15) is 0 Å². The highest BCUT2D eigenvalue weighted by Crippen LogP contribution is 2.18. The van der Waals surface area contributed by atoms with Crippen molar-refractivity contribution in [2.45, 2.75) is 47.5 Å². The van der Waals surface area contributed by atoms with Crippen LogP contribution in [0.2, 0.25) is 0 Å². The van der Waals surface area contributed by atoms with Gasteiger partial charge in [0.15, 0.2) is 0 Å². The second kappa shape index (κ2) is 6.62. The minimum atomic E-state index is -0.860. The molecule has 0 unspecified atom stereocenters. The zero-order valence-corrected chi connectivity index (χ0v) is 11.6. The summed E-state index contributed by atoms with van der Waals surface area (Å²) in [6, 6.07) is 0. The highest BCUT2D eigenvalue weighted by Gasteiger charge is 2.27. The average Bonchev–Trinajstić information content (AvgIpc) is 2.14. The van der Waals surface area contributed by atoms with Gasteiger partial charge in [0.05, 0.1) is 6.42 Å². The van der Waals surface area contributed by atoms with E-state index in [0.29, 0.717) is 19.0 Å². The Bertz CT molecular complexity index is 266. The number of hydrogen-bond donors (Lipinski definition) is 1. The molecule has 0 heterocycles. The maximum Gasteiger partial charge on any atom is 0.305 e. The molecule has 0 atom stereocenters. The van der Waals surface area contributed by atoms with Crippen molar-refractivity contribution in [3.8, 4) is 0 Å². The lowest BCUT2D eigenvalue weighted by Gasteiger charge is -2.29. The summed E-state index contributed by atoms with van der Waals surface area (Å²) >= 11 is 0. The summed E-state index contributed by atoms with van der Waals surface area (Å²) in [5.74, 6) is -0.323. The highest BCUT2D eigenvalue weighted by molar-refractivity contribution is 5.82. The zero-order valence-electron chi connectivity index (χ0n) is 11.6. The van der Waals surface area contributed by atoms with Crippen LogP contribution in [0.4, 0.5) is 0 Å². The first-order valence-corrected chi connectivity index (χ1v) is 6.15. The number of aliphatic carboxylic acids is 1. The summed E-state index contributed by atoms with van der Waals surface area (Å²) in [7, 11) is 0. The van der Waals surface area contributed by atoms with Gasteiger partial charge in [-0.3, -0.25) is 9.59 Å². The fourth-order valence-electron chi connectivity index (χ4n) is 1.43. The first kappa shape index (κ1) is 15.9. The maximum atomic E-state index is 12.1. The standard InChI is InChI=1S/C13H25NO3/c1-10(2)6-8-14(9-7-11(15)16)12(17)13(3,4)5/h10H,6-9H2,1-5H3,(H,15,16). The van der Waals surface area contributed by atoms with Crippen LogP contribution in [0.5, 0.6) is 0 Å². The number of carbonyl (C=O) groups is 2. The van der Waals surface area contributed by atoms with E-state index in [0.717, 1.165) is 6.42 Å². The molecule has 0 radical (unpaired) electrons. The average molecular weight is 243 g/mol. The van der Waals surface area contributed by atoms with E-state index in [-0.39, 0.29) is 12.3 Å². The van der Waals surface area contributed by atoms with Crippen molar-refractivity contribution in [3.05, 3.63) is 0 Å². The van der Waals surface area contributed by atoms with Gasteiger partial charge in [-0.1, -0.05) is 34.6 Å². The maximum absolute atomic E-state index is 12.1. The van der Waals surface area contributed by atoms with Gasteiger partial charge in [-0.05, 0) is 12.3 Å². The Hall–Kier alpha value is -1.06. The quantitative estimate of drug-likeness (QED) is 0.779. The third kappa shape index (κ3) is 6.97. The fraction of sp³-hybridized carbons (Fsp3) is 0.846. The molecule has 4 nitrogen and oxygen atoms in total. The Morgan fingerprint density at radius 3 is 2.06 bits per heavy atom. The molecule has 0 aliphatic rings. The molecule has 100 valence electrons. The predicted molar refractivity (Wildman–Crippen MR) is 67.7 cm³/mol. The number of hydrogen-bond acceptors (Lipinski definition) is 2. The molecule has 0 spiro atoms. The Balaban J connectivity index is 4.49. The van der Waals surface area contributed by atoms with Crippen LogP contribution in [0.15, 0.2) is 0 Å². The first-order valence-electron chi connectivity index (χ1n) is 6.15. The summed E-state index contributed by atoms with van der Waals surface area (Å²) in [4.78, 5) is 24.4. The molecule has 0 saturated carbocycles. The number of carboxylic acid groups (broad SMARTS) is 1. The van der Waals surface area contributed by atoms with Crippen LogP contribution in [-0.2, 0) is 9.59 Å². The second-order valence-electron chi connectivity index (χ2n) is 5.87. The van der Waals surface area contributed by atoms with Crippen LogP contribution in [0.1, 0.15) is 47.5 Å². The second-order valence-corrected chi connectivity index (χ2v) is 5.87. The van der Waals surface area contributed by atoms with Gasteiger partial charge in [0, 0.05) is 18.5 Å². The number of rotatable bonds is 6. The van der Waals surface area contributed by atoms with Crippen LogP contribution in [0, 0.1) is 11.3 Å². The third-order valence-electron chi connectivity index (χ3n) is 2.50. The molecule has 0 aliphatic carbocycles. The van der Waals surface area contributed by atoms with Gasteiger partial charge in [0.2, 0.25) is 5.91 Å². The van der Waals surface area contributed by atoms with Gasteiger partial charge in [-0.25, -0.2) is 0 Å². The molecule has 0 aliphatic heterocycles. The van der Waals surface area contributed by atoms with Crippen LogP contribution < -0.4 is 0 Å². The first-order chi connectivity index (χ1) is 7.64. The van der Waals surface area contributed by atoms with Gasteiger partial charge in [-0.15, -0.1) is 0 Å². The van der Waals surface area contributed by atoms with Gasteiger partial charge < -0.3 is 10.0 Å². The van der Waals surface area contributed by atoms with Crippen molar-refractivity contribution < 1.29 is 14.7 Å². The summed E-state index contributed by atoms with van der Waals surface area (Å²) < 4.78 is 0. The van der Waals surface area contributed by atoms with Gasteiger partial charge >= 0.3 is 5.97 Å². The monoisotopic (exact) mass is 243 g/mol. The van der Waals surface area contributed by atoms with Crippen molar-refractivity contribution >= 4 is 11.9 Å². The number of carbonyl (C=O) groups excluding carboxylic acids is 1. The van der Waals surface area contributed by atoms with Crippen molar-refractivity contribution in [2.75, 3.05) is 13.1 Å². The normalized spacial score (nSPS) is 11.6. The number of amides is 1. The summed E-state index contributed by atoms with van der Waals surface area (Å²) in [5, 5.41) is 8.69. The fourth-order valence-corrected chi connectivity index (χ4v) is 1.43. The molecule has 0 fully saturated rings. The molecule has 0 rings (SSSR count). The lowest BCUT2D eigenvalue weighted by atomic mass is 9.94. The molecule has 1 amide bonds. The number of carboxylic acids is 1. The van der Waals surface area contributed by atoms with E-state index in [4.69, 9.17) is 5.11 Å². The molecule has 0 aromatic rings. The minimum Gasteiger partial charge on any atom is -0.481 e. The van der Waals surface area contributed by atoms with Crippen molar-refractivity contribution in [2.24, 2.45) is 11.3 Å². The van der Waals surface area contributed by atoms with E-state index in [1.54, 1.807) is 4.90 Å². The smallest absolute Gasteiger partial charge is 0.305 e. The topological polar surface area (TPSA) is 57.6 Å². The SMILES string of the molecule is CC(C)CCN(CCC(=O)O)C(=O)C(C)(C)C. The van der Waals surface area contributed by atoms with E-state index >= 15 is 0 Å². The van der Waals surface area contributed by atoms with Gasteiger partial charge in [-0.2, -0.15) is 0 Å². The Kier molecular flexibility index (Phi) is 6.21. The van der Waals surface area contributed by atoms with E-state index in [1.807, 2.05) is 20.8 Å². The largest absolute Gasteiger partial charge is 0.481 e. The molecular weight excluding hydrogens is 218 g/mol. The summed E-state index contributed by atoms with van der Waals surface area (Å²) in [6.45, 7) is 10.7. The minimum absolute atomic E-state index is 0.0138. The predicted octanol–water partition coefficient (Wildman–Crippen LogP) is 2.38. The van der Waals surface area contributed by atoms with E-state index in [1.165, 1.54) is 0 Å². The molecule has 0 aromatic heterocycles. The highest BCUT2D eigenvalue weighted by atomic mass is 16.4. The van der Waals surface area contributed by atoms with Crippen molar-refractivity contribution in [3.63, 3.8) is 0 Å². The van der Waals surface area contributed by atoms with Gasteiger partial charge in [0.25, 0.3) is 0 Å². The van der Waals surface area contributed by atoms with Crippen LogP contribution in [0.25, 0.3) is 0 Å². The van der Waals surface area contributed by atoms with E-state index in [2.05, 4.69) is 13.8 Å². The number of nitrogens with zero attached hydrogens (tertiary/aromatic N) is 1. The molecule has 1 N–H and O–H groups in total. The Labute approximate surface area is 104 Å². The molecular formula is C13H25NO3. The van der Waals surface area contributed by atoms with Crippen LogP contribution >= 0.6 is 0 Å². The summed E-state index contributed by atoms with van der Waals surface area (Å²) in [5.41, 5.74) is -0.449. The molecule has 4 heteroatoms. The van der Waals surface area contributed by atoms with Crippen LogP contribution in [-0.4, -0.2) is 35.0 Å². The Morgan fingerprint density at radius 1 is 1.18 bits per heavy atom. The molecule has 0 saturated heterocycles. The van der Waals surface area contributed by atoms with E-state index in [9.17, 15) is 9.59 Å². The van der Waals surface area contributed by atoms with Crippen molar-refractivity contribution in [1.82, 2.24) is 4.90 Å². The Morgan fingerprint density at radius 2 is 1.71 bits per heavy atom. The van der Waals surface area contributed by atoms with E-state index < -0.39 is 11.4 Å². The molecule has 0 bridgehead atoms. The molecule has 17 heavy (non-hydrogen) atoms. The van der Waals surface area contributed by atoms with Crippen molar-refractivity contribution in [1.29, 1.82) is 0 Å². The summed E-state index contributed by atoms with van der Waals surface area (Å²) in [6.07, 6.45) is 0.918. The molecule has 0 aromatic carbocycles. The third-order valence-corrected chi connectivity index (χ3v) is 2.50. The lowest BCUT2D eigenvalue weighted by Crippen LogP contribution is -2.41. The zero-order chi connectivity index (χ0) is 13.6. The lowest BCUT2D eigenvalue weighted by molar-refractivity contribution is -0.142. The van der Waals surface area contributed by atoms with Crippen LogP contribution in [0.3, 0.4) is 0 Å².